The largest absolute Gasteiger partial charge is 0.456 e. The van der Waals surface area contributed by atoms with Gasteiger partial charge in [0.1, 0.15) is 11.3 Å². The second-order valence-corrected chi connectivity index (χ2v) is 5.67. The van der Waals surface area contributed by atoms with Gasteiger partial charge in [-0.2, -0.15) is 0 Å². The summed E-state index contributed by atoms with van der Waals surface area (Å²) in [6.45, 7) is 2.10. The highest BCUT2D eigenvalue weighted by Crippen LogP contribution is 2.32. The van der Waals surface area contributed by atoms with Crippen LogP contribution >= 0.6 is 11.6 Å². The first-order chi connectivity index (χ1) is 8.72. The lowest BCUT2D eigenvalue weighted by Gasteiger charge is -2.01. The van der Waals surface area contributed by atoms with Crippen LogP contribution in [0.15, 0.2) is 34.8 Å². The van der Waals surface area contributed by atoms with Gasteiger partial charge in [0.2, 0.25) is 0 Å². The quantitative estimate of drug-likeness (QED) is 0.634. The van der Waals surface area contributed by atoms with Crippen molar-refractivity contribution in [1.82, 2.24) is 0 Å². The SMILES string of the molecule is Cc1ccc2oc(C3=CC(Cl)CCCC3)cc2c1. The van der Waals surface area contributed by atoms with Crippen molar-refractivity contribution < 1.29 is 4.42 Å². The fourth-order valence-corrected chi connectivity index (χ4v) is 2.87. The highest BCUT2D eigenvalue weighted by Gasteiger charge is 2.14. The number of furan rings is 1. The molecule has 0 saturated carbocycles. The first kappa shape index (κ1) is 11.9. The van der Waals surface area contributed by atoms with E-state index in [1.54, 1.807) is 0 Å². The Bertz CT molecular complexity index is 594. The highest BCUT2D eigenvalue weighted by molar-refractivity contribution is 6.22. The molecule has 3 rings (SSSR count). The van der Waals surface area contributed by atoms with Gasteiger partial charge in [0.15, 0.2) is 0 Å². The first-order valence-corrected chi connectivity index (χ1v) is 7.01. The summed E-state index contributed by atoms with van der Waals surface area (Å²) >= 11 is 6.27. The first-order valence-electron chi connectivity index (χ1n) is 6.58. The van der Waals surface area contributed by atoms with E-state index in [0.29, 0.717) is 0 Å². The number of fused-ring (bicyclic) bond motifs is 1. The van der Waals surface area contributed by atoms with Gasteiger partial charge in [0, 0.05) is 5.39 Å². The van der Waals surface area contributed by atoms with Crippen LogP contribution in [0, 0.1) is 6.92 Å². The Morgan fingerprint density at radius 2 is 2.11 bits per heavy atom. The van der Waals surface area contributed by atoms with E-state index in [0.717, 1.165) is 24.2 Å². The van der Waals surface area contributed by atoms with Gasteiger partial charge in [-0.3, -0.25) is 0 Å². The molecule has 1 aromatic carbocycles. The molecular formula is C16H17ClO. The molecule has 1 aromatic heterocycles. The molecule has 1 aliphatic carbocycles. The Hall–Kier alpha value is -1.21. The lowest BCUT2D eigenvalue weighted by Crippen LogP contribution is -1.90. The number of rotatable bonds is 1. The minimum atomic E-state index is 0.150. The van der Waals surface area contributed by atoms with E-state index in [1.807, 2.05) is 6.07 Å². The molecule has 1 unspecified atom stereocenters. The zero-order valence-corrected chi connectivity index (χ0v) is 11.3. The lowest BCUT2D eigenvalue weighted by molar-refractivity contribution is 0.594. The molecule has 1 nitrogen and oxygen atoms in total. The van der Waals surface area contributed by atoms with Crippen molar-refractivity contribution in [3.63, 3.8) is 0 Å². The van der Waals surface area contributed by atoms with Gasteiger partial charge in [-0.05, 0) is 50.0 Å². The van der Waals surface area contributed by atoms with Gasteiger partial charge in [-0.15, -0.1) is 11.6 Å². The standard InChI is InChI=1S/C16H17ClO/c1-11-6-7-15-13(8-11)10-16(18-15)12-4-2-3-5-14(17)9-12/h6-10,14H,2-5H2,1H3. The Labute approximate surface area is 112 Å². The van der Waals surface area contributed by atoms with Crippen molar-refractivity contribution in [2.45, 2.75) is 38.0 Å². The number of allylic oxidation sites excluding steroid dienone is 2. The number of benzene rings is 1. The second kappa shape index (κ2) is 4.81. The van der Waals surface area contributed by atoms with Crippen LogP contribution in [-0.4, -0.2) is 5.38 Å². The molecule has 0 aliphatic heterocycles. The summed E-state index contributed by atoms with van der Waals surface area (Å²) in [6.07, 6.45) is 6.71. The molecule has 0 spiro atoms. The molecule has 0 fully saturated rings. The molecule has 1 aliphatic rings. The Balaban J connectivity index is 2.03. The average Bonchev–Trinajstić information content (AvgIpc) is 2.63. The van der Waals surface area contributed by atoms with Crippen molar-refractivity contribution in [1.29, 1.82) is 0 Å². The van der Waals surface area contributed by atoms with Crippen LogP contribution in [0.4, 0.5) is 0 Å². The maximum absolute atomic E-state index is 6.27. The summed E-state index contributed by atoms with van der Waals surface area (Å²) in [5.74, 6) is 0.989. The van der Waals surface area contributed by atoms with Gasteiger partial charge in [-0.25, -0.2) is 0 Å². The zero-order chi connectivity index (χ0) is 12.5. The predicted octanol–water partition coefficient (Wildman–Crippen LogP) is 5.31. The monoisotopic (exact) mass is 260 g/mol. The van der Waals surface area contributed by atoms with Crippen LogP contribution in [0.5, 0.6) is 0 Å². The molecule has 94 valence electrons. The molecule has 0 saturated heterocycles. The molecule has 0 N–H and O–H groups in total. The van der Waals surface area contributed by atoms with E-state index in [9.17, 15) is 0 Å². The van der Waals surface area contributed by atoms with Crippen LogP contribution in [0.25, 0.3) is 16.5 Å². The molecule has 0 amide bonds. The van der Waals surface area contributed by atoms with E-state index in [2.05, 4.69) is 31.2 Å². The minimum absolute atomic E-state index is 0.150. The van der Waals surface area contributed by atoms with E-state index in [4.69, 9.17) is 16.0 Å². The van der Waals surface area contributed by atoms with Crippen molar-refractivity contribution in [2.24, 2.45) is 0 Å². The van der Waals surface area contributed by atoms with E-state index in [1.165, 1.54) is 29.4 Å². The van der Waals surface area contributed by atoms with Crippen LogP contribution in [0.3, 0.4) is 0 Å². The van der Waals surface area contributed by atoms with Crippen molar-refractivity contribution >= 4 is 28.1 Å². The van der Waals surface area contributed by atoms with Gasteiger partial charge < -0.3 is 4.42 Å². The third kappa shape index (κ3) is 2.32. The topological polar surface area (TPSA) is 13.1 Å². The molecule has 2 aromatic rings. The van der Waals surface area contributed by atoms with Crippen molar-refractivity contribution in [3.05, 3.63) is 41.7 Å². The summed E-state index contributed by atoms with van der Waals surface area (Å²) in [5, 5.41) is 1.33. The molecule has 1 heterocycles. The Morgan fingerprint density at radius 1 is 1.22 bits per heavy atom. The summed E-state index contributed by atoms with van der Waals surface area (Å²) in [4.78, 5) is 0. The molecule has 2 heteroatoms. The van der Waals surface area contributed by atoms with Crippen LogP contribution in [0.2, 0.25) is 0 Å². The third-order valence-corrected chi connectivity index (χ3v) is 3.89. The van der Waals surface area contributed by atoms with Crippen LogP contribution in [-0.2, 0) is 0 Å². The number of alkyl halides is 1. The zero-order valence-electron chi connectivity index (χ0n) is 10.6. The normalized spacial score (nSPS) is 20.8. The number of aryl methyl sites for hydroxylation is 1. The second-order valence-electron chi connectivity index (χ2n) is 5.11. The molecule has 1 atom stereocenters. The van der Waals surface area contributed by atoms with Crippen LogP contribution < -0.4 is 0 Å². The maximum Gasteiger partial charge on any atom is 0.134 e. The number of hydrogen-bond acceptors (Lipinski definition) is 1. The highest BCUT2D eigenvalue weighted by atomic mass is 35.5. The summed E-state index contributed by atoms with van der Waals surface area (Å²) in [5.41, 5.74) is 3.49. The third-order valence-electron chi connectivity index (χ3n) is 3.55. The van der Waals surface area contributed by atoms with Gasteiger partial charge >= 0.3 is 0 Å². The lowest BCUT2D eigenvalue weighted by atomic mass is 10.1. The average molecular weight is 261 g/mol. The fraction of sp³-hybridized carbons (Fsp3) is 0.375. The predicted molar refractivity (Wildman–Crippen MR) is 77.0 cm³/mol. The number of halogens is 1. The van der Waals surface area contributed by atoms with Gasteiger partial charge in [0.05, 0.1) is 5.38 Å². The van der Waals surface area contributed by atoms with E-state index < -0.39 is 0 Å². The van der Waals surface area contributed by atoms with Crippen LogP contribution in [0.1, 0.15) is 37.0 Å². The molecule has 18 heavy (non-hydrogen) atoms. The van der Waals surface area contributed by atoms with Gasteiger partial charge in [-0.1, -0.05) is 24.1 Å². The molecular weight excluding hydrogens is 244 g/mol. The molecule has 0 radical (unpaired) electrons. The van der Waals surface area contributed by atoms with E-state index in [-0.39, 0.29) is 5.38 Å². The summed E-state index contributed by atoms with van der Waals surface area (Å²) in [6, 6.07) is 8.44. The minimum Gasteiger partial charge on any atom is -0.456 e. The summed E-state index contributed by atoms with van der Waals surface area (Å²) in [7, 11) is 0. The Kier molecular flexibility index (Phi) is 3.17. The summed E-state index contributed by atoms with van der Waals surface area (Å²) < 4.78 is 5.94. The Morgan fingerprint density at radius 3 is 3.00 bits per heavy atom. The smallest absolute Gasteiger partial charge is 0.134 e. The van der Waals surface area contributed by atoms with Gasteiger partial charge in [0.25, 0.3) is 0 Å². The maximum atomic E-state index is 6.27. The fourth-order valence-electron chi connectivity index (χ4n) is 2.57. The number of hydrogen-bond donors (Lipinski definition) is 0. The molecule has 0 bridgehead atoms. The van der Waals surface area contributed by atoms with E-state index >= 15 is 0 Å². The van der Waals surface area contributed by atoms with Crippen molar-refractivity contribution in [3.8, 4) is 0 Å². The van der Waals surface area contributed by atoms with Crippen molar-refractivity contribution in [2.75, 3.05) is 0 Å².